The van der Waals surface area contributed by atoms with Crippen molar-refractivity contribution in [2.45, 2.75) is 17.7 Å². The van der Waals surface area contributed by atoms with Crippen molar-refractivity contribution in [2.75, 3.05) is 14.1 Å². The van der Waals surface area contributed by atoms with Crippen LogP contribution in [-0.4, -0.2) is 89.9 Å². The molecular weight excluding hydrogens is 538 g/mol. The molecule has 1 amide bonds. The van der Waals surface area contributed by atoms with Gasteiger partial charge in [-0.15, -0.1) is 0 Å². The normalized spacial score (nSPS) is 28.5. The van der Waals surface area contributed by atoms with Crippen LogP contribution < -0.4 is 5.73 Å². The van der Waals surface area contributed by atoms with Crippen molar-refractivity contribution in [2.24, 2.45) is 17.6 Å². The summed E-state index contributed by atoms with van der Waals surface area (Å²) in [6.07, 6.45) is -0.398. The molecule has 0 saturated carbocycles. The van der Waals surface area contributed by atoms with Gasteiger partial charge in [-0.25, -0.2) is 5.21 Å². The van der Waals surface area contributed by atoms with Crippen LogP contribution in [0.15, 0.2) is 65.1 Å². The van der Waals surface area contributed by atoms with E-state index in [1.807, 2.05) is 0 Å². The molecule has 0 aliphatic heterocycles. The van der Waals surface area contributed by atoms with E-state index in [1.54, 1.807) is 6.07 Å². The van der Waals surface area contributed by atoms with Gasteiger partial charge in [-0.1, -0.05) is 30.3 Å². The number of likely N-dealkylation sites (N-methyl/N-ethyl adjacent to an activating group) is 1. The lowest BCUT2D eigenvalue weighted by Crippen LogP contribution is -2.68. The van der Waals surface area contributed by atoms with E-state index in [9.17, 15) is 50.0 Å². The minimum absolute atomic E-state index is 0.140. The molecule has 0 spiro atoms. The number of hydrogen-bond donors (Lipinski definition) is 7. The van der Waals surface area contributed by atoms with Crippen molar-refractivity contribution in [3.8, 4) is 5.75 Å². The summed E-state index contributed by atoms with van der Waals surface area (Å²) in [7, 11) is 2.87. The van der Waals surface area contributed by atoms with Crippen LogP contribution in [0.5, 0.6) is 5.75 Å². The molecule has 0 aromatic heterocycles. The van der Waals surface area contributed by atoms with Crippen molar-refractivity contribution in [1.82, 2.24) is 4.90 Å². The number of aliphatic hydroxyl groups is 4. The Bertz CT molecular complexity index is 1660. The fraction of sp³-hybridized carbons (Fsp3) is 0.250. The molecule has 3 aliphatic carbocycles. The Kier molecular flexibility index (Phi) is 6.33. The Morgan fingerprint density at radius 2 is 1.76 bits per heavy atom. The van der Waals surface area contributed by atoms with Gasteiger partial charge in [0.15, 0.2) is 11.4 Å². The van der Waals surface area contributed by atoms with Crippen LogP contribution >= 0.6 is 0 Å². The summed E-state index contributed by atoms with van der Waals surface area (Å²) in [5.41, 5.74) is 0.839. The number of amides is 1. The van der Waals surface area contributed by atoms with Gasteiger partial charge >= 0.3 is 5.69 Å². The first kappa shape index (κ1) is 27.7. The third kappa shape index (κ3) is 3.78. The number of hydrogen-bond acceptors (Lipinski definition) is 10. The molecule has 0 fully saturated rings. The topological polar surface area (TPSA) is 222 Å². The van der Waals surface area contributed by atoms with Gasteiger partial charge in [0.2, 0.25) is 5.78 Å². The molecule has 2 aromatic rings. The van der Waals surface area contributed by atoms with Gasteiger partial charge in [0, 0.05) is 18.1 Å². The second-order valence-electron chi connectivity index (χ2n) is 10.4. The minimum Gasteiger partial charge on any atom is -0.510 e. The number of carbonyl (C=O) groups excluding carboxylic acids is 3. The second kappa shape index (κ2) is 9.37. The summed E-state index contributed by atoms with van der Waals surface area (Å²) in [4.78, 5) is 51.9. The number of aliphatic hydroxyl groups excluding tert-OH is 3. The van der Waals surface area contributed by atoms with E-state index < -0.39 is 75.5 Å². The fourth-order valence-corrected chi connectivity index (χ4v) is 6.23. The van der Waals surface area contributed by atoms with Gasteiger partial charge in [0.05, 0.1) is 34.1 Å². The van der Waals surface area contributed by atoms with Crippen LogP contribution in [0.3, 0.4) is 0 Å². The monoisotopic (exact) mass is 564 g/mol. The van der Waals surface area contributed by atoms with E-state index in [-0.39, 0.29) is 27.3 Å². The molecule has 8 N–H and O–H groups in total. The first-order chi connectivity index (χ1) is 19.2. The largest absolute Gasteiger partial charge is 0.510 e. The van der Waals surface area contributed by atoms with Gasteiger partial charge < -0.3 is 31.3 Å². The standard InChI is InChI=1S/C28H25N3O10/c1-30(2)21-20-23(34)17-14(10-11-5-3-6-12(9-11)31(40)41)13-7-4-8-15(32)16(13)22(33)18(17)25(36)28(20,39)26(37)19(24(21)35)27(29)38/h3-10,17,20-21,23,34,39H,1-2H3,(H5-,29,32,33,35,36,37,38,40,41)/p+1/b14-10+/t17-,20-,21+,23+,28+/m1/s1. The van der Waals surface area contributed by atoms with E-state index in [0.717, 1.165) is 0 Å². The Morgan fingerprint density at radius 3 is 2.37 bits per heavy atom. The number of phenols is 1. The van der Waals surface area contributed by atoms with E-state index in [4.69, 9.17) is 5.73 Å². The molecule has 212 valence electrons. The highest BCUT2D eigenvalue weighted by atomic mass is 16.6. The Morgan fingerprint density at radius 1 is 1.10 bits per heavy atom. The lowest BCUT2D eigenvalue weighted by Gasteiger charge is -2.52. The lowest BCUT2D eigenvalue weighted by atomic mass is 9.56. The van der Waals surface area contributed by atoms with Crippen molar-refractivity contribution >= 4 is 34.8 Å². The van der Waals surface area contributed by atoms with Crippen LogP contribution in [0.4, 0.5) is 5.69 Å². The number of aromatic hydroxyl groups is 1. The second-order valence-corrected chi connectivity index (χ2v) is 10.4. The molecule has 2 aromatic carbocycles. The van der Waals surface area contributed by atoms with Crippen LogP contribution in [0, 0.1) is 16.7 Å². The molecule has 0 heterocycles. The van der Waals surface area contributed by atoms with Gasteiger partial charge in [0.1, 0.15) is 22.8 Å². The quantitative estimate of drug-likeness (QED) is 0.204. The molecule has 0 unspecified atom stereocenters. The van der Waals surface area contributed by atoms with Gasteiger partial charge in [-0.2, -0.15) is 0 Å². The third-order valence-electron chi connectivity index (χ3n) is 7.94. The van der Waals surface area contributed by atoms with Crippen LogP contribution in [0.2, 0.25) is 0 Å². The summed E-state index contributed by atoms with van der Waals surface area (Å²) >= 11 is 0. The van der Waals surface area contributed by atoms with Crippen molar-refractivity contribution < 1.29 is 50.0 Å². The molecule has 3 aliphatic rings. The number of ketones is 2. The Hall–Kier alpha value is -4.85. The molecule has 0 bridgehead atoms. The molecule has 41 heavy (non-hydrogen) atoms. The van der Waals surface area contributed by atoms with Gasteiger partial charge in [0.25, 0.3) is 10.8 Å². The number of phenolic OH excluding ortho intramolecular Hbond substituents is 1. The Balaban J connectivity index is 1.86. The smallest absolute Gasteiger partial charge is 0.317 e. The Labute approximate surface area is 231 Å². The van der Waals surface area contributed by atoms with E-state index in [0.29, 0.717) is 5.56 Å². The molecule has 13 nitrogen and oxygen atoms in total. The summed E-state index contributed by atoms with van der Waals surface area (Å²) in [5, 5.41) is 66.2. The number of nitrogens with zero attached hydrogens (tertiary/aromatic N) is 2. The van der Waals surface area contributed by atoms with Crippen LogP contribution in [0.25, 0.3) is 11.6 Å². The number of primary amides is 1. The minimum atomic E-state index is -3.06. The number of fused-ring (bicyclic) bond motifs is 3. The number of rotatable bonds is 4. The van der Waals surface area contributed by atoms with Crippen molar-refractivity contribution in [3.63, 3.8) is 0 Å². The predicted octanol–water partition coefficient (Wildman–Crippen LogP) is 0.889. The molecule has 5 atom stereocenters. The summed E-state index contributed by atoms with van der Waals surface area (Å²) in [6, 6.07) is 8.35. The fourth-order valence-electron chi connectivity index (χ4n) is 6.23. The number of Topliss-reactive ketones (excluding diaryl/α,β-unsaturated/α-hetero) is 2. The molecule has 0 radical (unpaired) electrons. The molecule has 0 saturated heterocycles. The highest BCUT2D eigenvalue weighted by Gasteiger charge is 2.67. The zero-order chi connectivity index (χ0) is 30.1. The number of carbonyl (C=O) groups is 3. The highest BCUT2D eigenvalue weighted by molar-refractivity contribution is 6.25. The average molecular weight is 565 g/mol. The van der Waals surface area contributed by atoms with Crippen molar-refractivity contribution in [1.29, 1.82) is 0 Å². The van der Waals surface area contributed by atoms with Gasteiger partial charge in [-0.3, -0.25) is 19.3 Å². The average Bonchev–Trinajstić information content (AvgIpc) is 2.90. The number of benzene rings is 2. The zero-order valence-corrected chi connectivity index (χ0v) is 21.7. The molecule has 13 heteroatoms. The maximum Gasteiger partial charge on any atom is 0.317 e. The van der Waals surface area contributed by atoms with Crippen molar-refractivity contribution in [3.05, 3.63) is 86.7 Å². The maximum atomic E-state index is 13.8. The molecular formula is C28H26N3O10+. The SMILES string of the molecule is CN(C)[C@@H]1C(O)=C(C(N)=O)C(=O)[C@@]2(O)C(O)=C3C(=O)c4c(O)cccc4/C(=C\c4cccc([N+](=O)O)c4)[C@H]3[C@H](O)[C@@H]12. The van der Waals surface area contributed by atoms with Crippen LogP contribution in [-0.2, 0) is 9.59 Å². The van der Waals surface area contributed by atoms with E-state index in [1.165, 1.54) is 61.5 Å². The van der Waals surface area contributed by atoms with Crippen LogP contribution in [0.1, 0.15) is 21.5 Å². The first-order valence-electron chi connectivity index (χ1n) is 12.4. The lowest BCUT2D eigenvalue weighted by molar-refractivity contribution is -0.729. The summed E-state index contributed by atoms with van der Waals surface area (Å²) < 4.78 is 0. The predicted molar refractivity (Wildman–Crippen MR) is 141 cm³/mol. The van der Waals surface area contributed by atoms with E-state index in [2.05, 4.69) is 0 Å². The third-order valence-corrected chi connectivity index (χ3v) is 7.94. The highest BCUT2D eigenvalue weighted by Crippen LogP contribution is 2.55. The number of nitrogens with two attached hydrogens (primary N) is 1. The van der Waals surface area contributed by atoms with Gasteiger partial charge in [-0.05, 0) is 36.9 Å². The summed E-state index contributed by atoms with van der Waals surface area (Å²) in [5.74, 6) is -9.51. The van der Waals surface area contributed by atoms with E-state index >= 15 is 0 Å². The maximum absolute atomic E-state index is 13.8. The molecule has 5 rings (SSSR count). The summed E-state index contributed by atoms with van der Waals surface area (Å²) in [6.45, 7) is 0. The first-order valence-corrected chi connectivity index (χ1v) is 12.4. The zero-order valence-electron chi connectivity index (χ0n) is 21.7.